The van der Waals surface area contributed by atoms with Crippen LogP contribution in [0.4, 0.5) is 0 Å². The summed E-state index contributed by atoms with van der Waals surface area (Å²) in [6.07, 6.45) is 5.53. The van der Waals surface area contributed by atoms with Gasteiger partial charge in [0, 0.05) is 0 Å². The number of carbonyl (C=O) groups excluding carboxylic acids is 1. The van der Waals surface area contributed by atoms with E-state index in [4.69, 9.17) is 9.53 Å². The lowest BCUT2D eigenvalue weighted by Crippen LogP contribution is -2.43. The van der Waals surface area contributed by atoms with Crippen LogP contribution in [0.5, 0.6) is 5.75 Å². The molecule has 1 aliphatic rings. The Hall–Kier alpha value is -1.51. The maximum atomic E-state index is 8.58. The van der Waals surface area contributed by atoms with E-state index >= 15 is 0 Å². The first-order valence-corrected chi connectivity index (χ1v) is 6.98. The van der Waals surface area contributed by atoms with Crippen molar-refractivity contribution in [1.29, 1.82) is 0 Å². The first-order valence-electron chi connectivity index (χ1n) is 6.98. The molecule has 19 heavy (non-hydrogen) atoms. The van der Waals surface area contributed by atoms with Crippen LogP contribution < -0.4 is 10.5 Å². The van der Waals surface area contributed by atoms with Crippen LogP contribution in [0.2, 0.25) is 0 Å². The van der Waals surface area contributed by atoms with E-state index in [2.05, 4.69) is 37.8 Å². The van der Waals surface area contributed by atoms with Gasteiger partial charge < -0.3 is 10.5 Å². The Labute approximate surface area is 116 Å². The summed E-state index contributed by atoms with van der Waals surface area (Å²) in [7, 11) is 1.75. The van der Waals surface area contributed by atoms with E-state index in [9.17, 15) is 0 Å². The Balaban J connectivity index is 0.000000550. The predicted octanol–water partition coefficient (Wildman–Crippen LogP) is 3.26. The predicted molar refractivity (Wildman–Crippen MR) is 78.2 cm³/mol. The highest BCUT2D eigenvalue weighted by Crippen LogP contribution is 2.53. The molecular weight excluding hydrogens is 238 g/mol. The van der Waals surface area contributed by atoms with Gasteiger partial charge in [0.25, 0.3) is 0 Å². The molecule has 106 valence electrons. The molecule has 0 radical (unpaired) electrons. The summed E-state index contributed by atoms with van der Waals surface area (Å²) in [5.74, 6) is 1.86. The number of amides is 1. The summed E-state index contributed by atoms with van der Waals surface area (Å²) >= 11 is 0. The average Bonchev–Trinajstić information content (AvgIpc) is 2.40. The fourth-order valence-electron chi connectivity index (χ4n) is 3.27. The fourth-order valence-corrected chi connectivity index (χ4v) is 3.27. The van der Waals surface area contributed by atoms with Gasteiger partial charge >= 0.3 is 0 Å². The number of rotatable bonds is 4. The van der Waals surface area contributed by atoms with Crippen LogP contribution in [0.25, 0.3) is 0 Å². The highest BCUT2D eigenvalue weighted by molar-refractivity contribution is 5.42. The van der Waals surface area contributed by atoms with E-state index in [-0.39, 0.29) is 6.41 Å². The quantitative estimate of drug-likeness (QED) is 0.848. The molecule has 1 amide bonds. The Morgan fingerprint density at radius 1 is 1.47 bits per heavy atom. The Bertz CT molecular complexity index is 399. The van der Waals surface area contributed by atoms with Crippen LogP contribution >= 0.6 is 0 Å². The molecule has 0 bridgehead atoms. The summed E-state index contributed by atoms with van der Waals surface area (Å²) in [6, 6.07) is 8.66. The van der Waals surface area contributed by atoms with Crippen LogP contribution in [0.15, 0.2) is 24.3 Å². The van der Waals surface area contributed by atoms with Gasteiger partial charge in [-0.1, -0.05) is 32.4 Å². The van der Waals surface area contributed by atoms with Crippen molar-refractivity contribution in [3.05, 3.63) is 29.8 Å². The molecule has 1 aromatic carbocycles. The van der Waals surface area contributed by atoms with E-state index in [0.717, 1.165) is 11.7 Å². The van der Waals surface area contributed by atoms with Gasteiger partial charge in [-0.3, -0.25) is 4.79 Å². The lowest BCUT2D eigenvalue weighted by atomic mass is 9.54. The van der Waals surface area contributed by atoms with E-state index in [0.29, 0.717) is 5.41 Å². The lowest BCUT2D eigenvalue weighted by Gasteiger charge is -2.50. The fraction of sp³-hybridized carbons (Fsp3) is 0.562. The third kappa shape index (κ3) is 3.09. The van der Waals surface area contributed by atoms with Crippen molar-refractivity contribution in [1.82, 2.24) is 0 Å². The van der Waals surface area contributed by atoms with Crippen molar-refractivity contribution in [3.8, 4) is 5.75 Å². The number of hydrogen-bond acceptors (Lipinski definition) is 2. The molecule has 3 heteroatoms. The van der Waals surface area contributed by atoms with E-state index in [1.807, 2.05) is 6.07 Å². The van der Waals surface area contributed by atoms with Gasteiger partial charge in [0.05, 0.1) is 7.11 Å². The van der Waals surface area contributed by atoms with E-state index in [1.54, 1.807) is 7.11 Å². The van der Waals surface area contributed by atoms with E-state index in [1.165, 1.54) is 31.2 Å². The largest absolute Gasteiger partial charge is 0.497 e. The molecule has 2 N–H and O–H groups in total. The van der Waals surface area contributed by atoms with Gasteiger partial charge in [-0.15, -0.1) is 0 Å². The minimum atomic E-state index is 0.250. The zero-order chi connectivity index (χ0) is 14.3. The highest BCUT2D eigenvalue weighted by atomic mass is 16.5. The molecule has 0 aromatic heterocycles. The molecule has 1 aliphatic carbocycles. The smallest absolute Gasteiger partial charge is 0.204 e. The topological polar surface area (TPSA) is 52.3 Å². The molecular formula is C16H25NO2. The number of hydrogen-bond donors (Lipinski definition) is 1. The maximum Gasteiger partial charge on any atom is 0.204 e. The number of methoxy groups -OCH3 is 1. The first-order chi connectivity index (χ1) is 9.18. The molecule has 2 unspecified atom stereocenters. The zero-order valence-electron chi connectivity index (χ0n) is 12.2. The van der Waals surface area contributed by atoms with Gasteiger partial charge in [-0.05, 0) is 48.3 Å². The minimum Gasteiger partial charge on any atom is -0.497 e. The second-order valence-electron chi connectivity index (χ2n) is 5.02. The SMILES string of the molecule is CCC1CCC1(CC)c1cccc(OC)c1.NC=O. The second-order valence-corrected chi connectivity index (χ2v) is 5.02. The molecule has 0 spiro atoms. The van der Waals surface area contributed by atoms with Crippen molar-refractivity contribution >= 4 is 6.41 Å². The number of ether oxygens (including phenoxy) is 1. The molecule has 1 aromatic rings. The molecule has 2 rings (SSSR count). The standard InChI is InChI=1S/C15H22O.CH3NO/c1-4-12-9-10-15(12,5-2)13-7-6-8-14(11-13)16-3;2-1-3/h6-8,11-12H,4-5,9-10H2,1-3H3;1H,(H2,2,3). The van der Waals surface area contributed by atoms with E-state index < -0.39 is 0 Å². The normalized spacial score (nSPS) is 24.7. The summed E-state index contributed by atoms with van der Waals surface area (Å²) in [5, 5.41) is 0. The molecule has 0 heterocycles. The summed E-state index contributed by atoms with van der Waals surface area (Å²) in [6.45, 7) is 4.63. The van der Waals surface area contributed by atoms with Gasteiger partial charge in [-0.25, -0.2) is 0 Å². The number of benzene rings is 1. The van der Waals surface area contributed by atoms with Crippen molar-refractivity contribution in [2.24, 2.45) is 11.7 Å². The Kier molecular flexibility index (Phi) is 5.87. The highest BCUT2D eigenvalue weighted by Gasteiger charge is 2.45. The van der Waals surface area contributed by atoms with Crippen LogP contribution in [-0.4, -0.2) is 13.5 Å². The van der Waals surface area contributed by atoms with Crippen LogP contribution in [0, 0.1) is 5.92 Å². The van der Waals surface area contributed by atoms with Crippen molar-refractivity contribution in [3.63, 3.8) is 0 Å². The van der Waals surface area contributed by atoms with Crippen molar-refractivity contribution in [2.75, 3.05) is 7.11 Å². The van der Waals surface area contributed by atoms with Crippen molar-refractivity contribution in [2.45, 2.75) is 44.9 Å². The molecule has 0 saturated heterocycles. The van der Waals surface area contributed by atoms with Gasteiger partial charge in [0.2, 0.25) is 6.41 Å². The first kappa shape index (κ1) is 15.5. The minimum absolute atomic E-state index is 0.250. The Morgan fingerprint density at radius 3 is 2.58 bits per heavy atom. The maximum absolute atomic E-state index is 8.58. The number of carbonyl (C=O) groups is 1. The van der Waals surface area contributed by atoms with Gasteiger partial charge in [-0.2, -0.15) is 0 Å². The van der Waals surface area contributed by atoms with Gasteiger partial charge in [0.15, 0.2) is 0 Å². The van der Waals surface area contributed by atoms with Crippen LogP contribution in [0.1, 0.15) is 45.1 Å². The summed E-state index contributed by atoms with van der Waals surface area (Å²) in [5.41, 5.74) is 6.08. The monoisotopic (exact) mass is 263 g/mol. The molecule has 2 atom stereocenters. The molecule has 0 aliphatic heterocycles. The average molecular weight is 263 g/mol. The van der Waals surface area contributed by atoms with Crippen LogP contribution in [0.3, 0.4) is 0 Å². The van der Waals surface area contributed by atoms with Crippen LogP contribution in [-0.2, 0) is 10.2 Å². The third-order valence-electron chi connectivity index (χ3n) is 4.49. The zero-order valence-corrected chi connectivity index (χ0v) is 12.2. The summed E-state index contributed by atoms with van der Waals surface area (Å²) in [4.78, 5) is 8.58. The van der Waals surface area contributed by atoms with Gasteiger partial charge in [0.1, 0.15) is 5.75 Å². The van der Waals surface area contributed by atoms with Crippen molar-refractivity contribution < 1.29 is 9.53 Å². The molecule has 1 saturated carbocycles. The summed E-state index contributed by atoms with van der Waals surface area (Å²) < 4.78 is 5.33. The number of nitrogens with two attached hydrogens (primary N) is 1. The molecule has 1 fully saturated rings. The lowest BCUT2D eigenvalue weighted by molar-refractivity contribution is -0.106. The Morgan fingerprint density at radius 2 is 2.16 bits per heavy atom. The third-order valence-corrected chi connectivity index (χ3v) is 4.49. The number of primary amides is 1. The molecule has 3 nitrogen and oxygen atoms in total. The second kappa shape index (κ2) is 7.17.